The number of allylic oxidation sites excluding steroid dienone is 3. The van der Waals surface area contributed by atoms with Crippen LogP contribution in [0.1, 0.15) is 88.2 Å². The standard InChI is InChI=1S/C25H33N/c1-3-19(2)4-5-20-6-10-22(11-7-20)24-14-16-25(17-15-24)23-12-8-21(18-26)9-13-23/h8-9,12-14,20,22,25H,2-7,10-11,15-17H2,1H3. The molecule has 1 unspecified atom stereocenters. The molecule has 0 bridgehead atoms. The van der Waals surface area contributed by atoms with E-state index >= 15 is 0 Å². The van der Waals surface area contributed by atoms with E-state index < -0.39 is 0 Å². The van der Waals surface area contributed by atoms with E-state index in [0.29, 0.717) is 5.92 Å². The van der Waals surface area contributed by atoms with Crippen LogP contribution in [0.3, 0.4) is 0 Å². The van der Waals surface area contributed by atoms with Crippen molar-refractivity contribution in [1.82, 2.24) is 0 Å². The molecule has 0 amide bonds. The Morgan fingerprint density at radius 3 is 2.38 bits per heavy atom. The Bertz CT molecular complexity index is 665. The third-order valence-electron chi connectivity index (χ3n) is 6.73. The number of benzene rings is 1. The third-order valence-corrected chi connectivity index (χ3v) is 6.73. The van der Waals surface area contributed by atoms with Gasteiger partial charge in [0.1, 0.15) is 0 Å². The van der Waals surface area contributed by atoms with E-state index in [2.05, 4.69) is 37.8 Å². The summed E-state index contributed by atoms with van der Waals surface area (Å²) in [6, 6.07) is 10.4. The van der Waals surface area contributed by atoms with Crippen LogP contribution < -0.4 is 0 Å². The summed E-state index contributed by atoms with van der Waals surface area (Å²) in [6.07, 6.45) is 15.6. The lowest BCUT2D eigenvalue weighted by Crippen LogP contribution is -2.18. The van der Waals surface area contributed by atoms with Crippen molar-refractivity contribution in [3.8, 4) is 6.07 Å². The Morgan fingerprint density at radius 2 is 1.81 bits per heavy atom. The summed E-state index contributed by atoms with van der Waals surface area (Å²) < 4.78 is 0. The molecule has 0 heterocycles. The molecule has 1 saturated carbocycles. The molecule has 1 atom stereocenters. The van der Waals surface area contributed by atoms with Gasteiger partial charge in [-0.05, 0) is 99.7 Å². The van der Waals surface area contributed by atoms with E-state index in [1.165, 1.54) is 68.9 Å². The molecular weight excluding hydrogens is 314 g/mol. The summed E-state index contributed by atoms with van der Waals surface area (Å²) in [4.78, 5) is 0. The maximum atomic E-state index is 8.95. The van der Waals surface area contributed by atoms with Gasteiger partial charge in [0.2, 0.25) is 0 Å². The largest absolute Gasteiger partial charge is 0.192 e. The Morgan fingerprint density at radius 1 is 1.08 bits per heavy atom. The van der Waals surface area contributed by atoms with Crippen molar-refractivity contribution < 1.29 is 0 Å². The van der Waals surface area contributed by atoms with Crippen molar-refractivity contribution in [3.63, 3.8) is 0 Å². The molecule has 0 N–H and O–H groups in total. The van der Waals surface area contributed by atoms with Crippen LogP contribution >= 0.6 is 0 Å². The summed E-state index contributed by atoms with van der Waals surface area (Å²) in [7, 11) is 0. The van der Waals surface area contributed by atoms with Gasteiger partial charge in [0.15, 0.2) is 0 Å². The Kier molecular flexibility index (Phi) is 6.73. The van der Waals surface area contributed by atoms with Gasteiger partial charge in [-0.3, -0.25) is 0 Å². The highest BCUT2D eigenvalue weighted by molar-refractivity contribution is 5.34. The fraction of sp³-hybridized carbons (Fsp3) is 0.560. The smallest absolute Gasteiger partial charge is 0.0991 e. The van der Waals surface area contributed by atoms with Crippen LogP contribution in [0.4, 0.5) is 0 Å². The lowest BCUT2D eigenvalue weighted by Gasteiger charge is -2.33. The summed E-state index contributed by atoms with van der Waals surface area (Å²) in [5.41, 5.74) is 5.33. The van der Waals surface area contributed by atoms with Crippen LogP contribution in [-0.4, -0.2) is 0 Å². The molecule has 3 rings (SSSR count). The number of nitrogens with zero attached hydrogens (tertiary/aromatic N) is 1. The van der Waals surface area contributed by atoms with Crippen molar-refractivity contribution >= 4 is 0 Å². The first kappa shape index (κ1) is 19.0. The zero-order chi connectivity index (χ0) is 18.4. The number of rotatable bonds is 6. The summed E-state index contributed by atoms with van der Waals surface area (Å²) >= 11 is 0. The lowest BCUT2D eigenvalue weighted by molar-refractivity contribution is 0.280. The molecule has 1 aromatic rings. The molecule has 2 aliphatic carbocycles. The van der Waals surface area contributed by atoms with Gasteiger partial charge in [-0.15, -0.1) is 0 Å². The highest BCUT2D eigenvalue weighted by atomic mass is 14.3. The van der Waals surface area contributed by atoms with E-state index in [1.54, 1.807) is 5.57 Å². The highest BCUT2D eigenvalue weighted by Gasteiger charge is 2.26. The molecule has 0 aliphatic heterocycles. The summed E-state index contributed by atoms with van der Waals surface area (Å²) in [6.45, 7) is 6.38. The zero-order valence-electron chi connectivity index (χ0n) is 16.3. The van der Waals surface area contributed by atoms with Gasteiger partial charge in [0.05, 0.1) is 11.6 Å². The lowest BCUT2D eigenvalue weighted by atomic mass is 9.73. The van der Waals surface area contributed by atoms with Crippen LogP contribution in [0.2, 0.25) is 0 Å². The van der Waals surface area contributed by atoms with Gasteiger partial charge in [-0.2, -0.15) is 5.26 Å². The number of hydrogen-bond donors (Lipinski definition) is 0. The van der Waals surface area contributed by atoms with Gasteiger partial charge in [-0.1, -0.05) is 42.9 Å². The molecule has 1 nitrogen and oxygen atoms in total. The molecule has 138 valence electrons. The average Bonchev–Trinajstić information content (AvgIpc) is 2.72. The van der Waals surface area contributed by atoms with Crippen molar-refractivity contribution in [1.29, 1.82) is 5.26 Å². The summed E-state index contributed by atoms with van der Waals surface area (Å²) in [5, 5.41) is 8.95. The molecule has 0 spiro atoms. The van der Waals surface area contributed by atoms with E-state index in [4.69, 9.17) is 5.26 Å². The predicted octanol–water partition coefficient (Wildman–Crippen LogP) is 7.30. The van der Waals surface area contributed by atoms with E-state index in [0.717, 1.165) is 23.8 Å². The zero-order valence-corrected chi connectivity index (χ0v) is 16.3. The molecular formula is C25H33N. The molecule has 2 aliphatic rings. The van der Waals surface area contributed by atoms with Crippen LogP contribution in [0.15, 0.2) is 48.1 Å². The predicted molar refractivity (Wildman–Crippen MR) is 110 cm³/mol. The number of hydrogen-bond acceptors (Lipinski definition) is 1. The fourth-order valence-electron chi connectivity index (χ4n) is 4.76. The Labute approximate surface area is 159 Å². The Balaban J connectivity index is 1.47. The van der Waals surface area contributed by atoms with Crippen LogP contribution in [0.25, 0.3) is 0 Å². The maximum Gasteiger partial charge on any atom is 0.0991 e. The highest BCUT2D eigenvalue weighted by Crippen LogP contribution is 2.41. The first-order valence-corrected chi connectivity index (χ1v) is 10.5. The van der Waals surface area contributed by atoms with Crippen molar-refractivity contribution in [2.45, 2.75) is 77.0 Å². The summed E-state index contributed by atoms with van der Waals surface area (Å²) in [5.74, 6) is 2.43. The average molecular weight is 348 g/mol. The van der Waals surface area contributed by atoms with Crippen LogP contribution in [-0.2, 0) is 0 Å². The first-order chi connectivity index (χ1) is 12.7. The van der Waals surface area contributed by atoms with E-state index in [-0.39, 0.29) is 0 Å². The maximum absolute atomic E-state index is 8.95. The first-order valence-electron chi connectivity index (χ1n) is 10.5. The van der Waals surface area contributed by atoms with E-state index in [1.807, 2.05) is 12.1 Å². The van der Waals surface area contributed by atoms with Crippen molar-refractivity contribution in [2.24, 2.45) is 11.8 Å². The Hall–Kier alpha value is -1.81. The van der Waals surface area contributed by atoms with Gasteiger partial charge in [0.25, 0.3) is 0 Å². The minimum Gasteiger partial charge on any atom is -0.192 e. The normalized spacial score (nSPS) is 26.0. The quantitative estimate of drug-likeness (QED) is 0.495. The van der Waals surface area contributed by atoms with Crippen molar-refractivity contribution in [3.05, 3.63) is 59.2 Å². The molecule has 1 heteroatoms. The molecule has 1 fully saturated rings. The minimum absolute atomic E-state index is 0.642. The number of nitriles is 1. The molecule has 1 aromatic carbocycles. The second-order valence-corrected chi connectivity index (χ2v) is 8.34. The monoisotopic (exact) mass is 347 g/mol. The van der Waals surface area contributed by atoms with Gasteiger partial charge >= 0.3 is 0 Å². The van der Waals surface area contributed by atoms with Crippen LogP contribution in [0.5, 0.6) is 0 Å². The second-order valence-electron chi connectivity index (χ2n) is 8.34. The third kappa shape index (κ3) is 4.88. The topological polar surface area (TPSA) is 23.8 Å². The second kappa shape index (κ2) is 9.22. The molecule has 0 radical (unpaired) electrons. The molecule has 0 aromatic heterocycles. The van der Waals surface area contributed by atoms with Gasteiger partial charge in [-0.25, -0.2) is 0 Å². The molecule has 26 heavy (non-hydrogen) atoms. The van der Waals surface area contributed by atoms with Gasteiger partial charge < -0.3 is 0 Å². The SMILES string of the molecule is C=C(CC)CCC1CCC(C2=CCC(c3ccc(C#N)cc3)CC2)CC1. The minimum atomic E-state index is 0.642. The van der Waals surface area contributed by atoms with Gasteiger partial charge in [0, 0.05) is 0 Å². The fourth-order valence-corrected chi connectivity index (χ4v) is 4.76. The van der Waals surface area contributed by atoms with Crippen molar-refractivity contribution in [2.75, 3.05) is 0 Å². The van der Waals surface area contributed by atoms with Crippen LogP contribution in [0, 0.1) is 23.2 Å². The molecule has 0 saturated heterocycles. The van der Waals surface area contributed by atoms with E-state index in [9.17, 15) is 0 Å².